The van der Waals surface area contributed by atoms with Crippen molar-refractivity contribution in [3.05, 3.63) is 52.7 Å². The average molecular weight is 301 g/mol. The normalized spacial score (nSPS) is 9.76. The minimum atomic E-state index is -0.331. The molecule has 0 saturated carbocycles. The quantitative estimate of drug-likeness (QED) is 0.908. The summed E-state index contributed by atoms with van der Waals surface area (Å²) >= 11 is 6.00. The molecule has 0 unspecified atom stereocenters. The maximum Gasteiger partial charge on any atom is 0.257 e. The van der Waals surface area contributed by atoms with Crippen molar-refractivity contribution < 1.29 is 4.79 Å². The van der Waals surface area contributed by atoms with Crippen molar-refractivity contribution in [2.24, 2.45) is 0 Å². The third kappa shape index (κ3) is 3.71. The van der Waals surface area contributed by atoms with Crippen LogP contribution in [0.5, 0.6) is 0 Å². The highest BCUT2D eigenvalue weighted by Crippen LogP contribution is 2.23. The molecule has 0 aliphatic heterocycles. The first-order valence-electron chi connectivity index (χ1n) is 6.35. The van der Waals surface area contributed by atoms with Crippen LogP contribution in [0.15, 0.2) is 36.5 Å². The van der Waals surface area contributed by atoms with Crippen molar-refractivity contribution in [1.82, 2.24) is 4.98 Å². The lowest BCUT2D eigenvalue weighted by atomic mass is 10.2. The third-order valence-electron chi connectivity index (χ3n) is 2.73. The fraction of sp³-hybridized carbons (Fsp3) is 0.133. The van der Waals surface area contributed by atoms with Gasteiger partial charge in [0.05, 0.1) is 27.9 Å². The lowest BCUT2D eigenvalue weighted by molar-refractivity contribution is 0.102. The van der Waals surface area contributed by atoms with Gasteiger partial charge in [0.1, 0.15) is 5.82 Å². The van der Waals surface area contributed by atoms with Crippen molar-refractivity contribution in [2.45, 2.75) is 6.92 Å². The second-order valence-corrected chi connectivity index (χ2v) is 4.63. The van der Waals surface area contributed by atoms with Crippen LogP contribution in [0.25, 0.3) is 0 Å². The van der Waals surface area contributed by atoms with Crippen LogP contribution in [0.1, 0.15) is 22.8 Å². The number of pyridine rings is 1. The molecule has 2 N–H and O–H groups in total. The molecule has 2 rings (SSSR count). The molecule has 2 aromatic rings. The van der Waals surface area contributed by atoms with Crippen molar-refractivity contribution in [3.63, 3.8) is 0 Å². The number of benzene rings is 1. The van der Waals surface area contributed by atoms with Crippen LogP contribution in [-0.4, -0.2) is 17.4 Å². The number of carbonyl (C=O) groups is 1. The van der Waals surface area contributed by atoms with Gasteiger partial charge in [-0.3, -0.25) is 4.79 Å². The number of aromatic nitrogens is 1. The minimum Gasteiger partial charge on any atom is -0.370 e. The first-order chi connectivity index (χ1) is 10.1. The largest absolute Gasteiger partial charge is 0.370 e. The maximum absolute atomic E-state index is 12.1. The van der Waals surface area contributed by atoms with Crippen LogP contribution in [0.2, 0.25) is 5.02 Å². The Morgan fingerprint density at radius 1 is 1.38 bits per heavy atom. The summed E-state index contributed by atoms with van der Waals surface area (Å²) in [6, 6.07) is 10.1. The summed E-state index contributed by atoms with van der Waals surface area (Å²) in [6.45, 7) is 2.72. The number of anilines is 2. The predicted molar refractivity (Wildman–Crippen MR) is 82.5 cm³/mol. The van der Waals surface area contributed by atoms with E-state index in [0.717, 1.165) is 6.54 Å². The zero-order valence-electron chi connectivity index (χ0n) is 11.4. The van der Waals surface area contributed by atoms with Crippen LogP contribution in [0, 0.1) is 11.3 Å². The Kier molecular flexibility index (Phi) is 4.75. The Labute approximate surface area is 127 Å². The van der Waals surface area contributed by atoms with Gasteiger partial charge in [-0.05, 0) is 37.3 Å². The highest BCUT2D eigenvalue weighted by molar-refractivity contribution is 6.34. The molecule has 5 nitrogen and oxygen atoms in total. The molecule has 6 heteroatoms. The van der Waals surface area contributed by atoms with E-state index in [1.54, 1.807) is 24.3 Å². The second-order valence-electron chi connectivity index (χ2n) is 4.22. The second kappa shape index (κ2) is 6.73. The molecule has 0 atom stereocenters. The summed E-state index contributed by atoms with van der Waals surface area (Å²) in [5, 5.41) is 15.0. The Hall–Kier alpha value is -2.58. The van der Waals surface area contributed by atoms with Crippen LogP contribution >= 0.6 is 11.6 Å². The van der Waals surface area contributed by atoms with E-state index in [-0.39, 0.29) is 5.91 Å². The topological polar surface area (TPSA) is 77.8 Å². The Morgan fingerprint density at radius 2 is 2.19 bits per heavy atom. The van der Waals surface area contributed by atoms with E-state index in [4.69, 9.17) is 16.9 Å². The van der Waals surface area contributed by atoms with Crippen LogP contribution in [-0.2, 0) is 0 Å². The molecule has 1 heterocycles. The standard InChI is InChI=1S/C15H13ClN4O/c1-2-18-14-6-4-11(9-19-14)15(21)20-13-7-10(8-17)3-5-12(13)16/h3-7,9H,2H2,1H3,(H,18,19)(H,20,21). The summed E-state index contributed by atoms with van der Waals surface area (Å²) in [4.78, 5) is 16.3. The van der Waals surface area contributed by atoms with Gasteiger partial charge in [-0.15, -0.1) is 0 Å². The minimum absolute atomic E-state index is 0.331. The molecule has 1 amide bonds. The van der Waals surface area contributed by atoms with Gasteiger partial charge in [-0.25, -0.2) is 4.98 Å². The molecule has 0 bridgehead atoms. The number of carbonyl (C=O) groups excluding carboxylic acids is 1. The maximum atomic E-state index is 12.1. The number of halogens is 1. The summed E-state index contributed by atoms with van der Waals surface area (Å²) in [5.41, 5.74) is 1.24. The Bertz CT molecular complexity index is 692. The van der Waals surface area contributed by atoms with E-state index in [2.05, 4.69) is 15.6 Å². The van der Waals surface area contributed by atoms with Crippen molar-refractivity contribution >= 4 is 29.0 Å². The number of nitrogens with one attached hydrogen (secondary N) is 2. The highest BCUT2D eigenvalue weighted by atomic mass is 35.5. The predicted octanol–water partition coefficient (Wildman–Crippen LogP) is 3.29. The molecule has 21 heavy (non-hydrogen) atoms. The smallest absolute Gasteiger partial charge is 0.257 e. The summed E-state index contributed by atoms with van der Waals surface area (Å²) in [6.07, 6.45) is 1.48. The zero-order valence-corrected chi connectivity index (χ0v) is 12.1. The molecule has 0 fully saturated rings. The molecule has 0 spiro atoms. The highest BCUT2D eigenvalue weighted by Gasteiger charge is 2.09. The number of rotatable bonds is 4. The molecule has 0 radical (unpaired) electrons. The number of nitriles is 1. The SMILES string of the molecule is CCNc1ccc(C(=O)Nc2cc(C#N)ccc2Cl)cn1. The fourth-order valence-corrected chi connectivity index (χ4v) is 1.86. The summed E-state index contributed by atoms with van der Waals surface area (Å²) in [5.74, 6) is 0.376. The Balaban J connectivity index is 2.16. The number of nitrogens with zero attached hydrogens (tertiary/aromatic N) is 2. The van der Waals surface area contributed by atoms with Gasteiger partial charge in [0.2, 0.25) is 0 Å². The van der Waals surface area contributed by atoms with Gasteiger partial charge in [-0.1, -0.05) is 11.6 Å². The van der Waals surface area contributed by atoms with Gasteiger partial charge < -0.3 is 10.6 Å². The van der Waals surface area contributed by atoms with Crippen molar-refractivity contribution in [1.29, 1.82) is 5.26 Å². The summed E-state index contributed by atoms with van der Waals surface area (Å²) in [7, 11) is 0. The molecule has 0 aliphatic rings. The molecule has 106 valence electrons. The average Bonchev–Trinajstić information content (AvgIpc) is 2.50. The summed E-state index contributed by atoms with van der Waals surface area (Å²) < 4.78 is 0. The Morgan fingerprint density at radius 3 is 2.81 bits per heavy atom. The van der Waals surface area contributed by atoms with E-state index in [9.17, 15) is 4.79 Å². The van der Waals surface area contributed by atoms with Crippen LogP contribution in [0.3, 0.4) is 0 Å². The van der Waals surface area contributed by atoms with E-state index in [0.29, 0.717) is 27.7 Å². The number of hydrogen-bond acceptors (Lipinski definition) is 4. The molecular formula is C15H13ClN4O. The molecule has 1 aromatic heterocycles. The lowest BCUT2D eigenvalue weighted by Gasteiger charge is -2.08. The molecular weight excluding hydrogens is 288 g/mol. The van der Waals surface area contributed by atoms with E-state index >= 15 is 0 Å². The lowest BCUT2D eigenvalue weighted by Crippen LogP contribution is -2.13. The fourth-order valence-electron chi connectivity index (χ4n) is 1.70. The molecule has 0 saturated heterocycles. The van der Waals surface area contributed by atoms with E-state index in [1.807, 2.05) is 13.0 Å². The van der Waals surface area contributed by atoms with Crippen LogP contribution < -0.4 is 10.6 Å². The number of hydrogen-bond donors (Lipinski definition) is 2. The zero-order chi connectivity index (χ0) is 15.2. The third-order valence-corrected chi connectivity index (χ3v) is 3.06. The van der Waals surface area contributed by atoms with Gasteiger partial charge in [0, 0.05) is 12.7 Å². The van der Waals surface area contributed by atoms with E-state index in [1.165, 1.54) is 12.3 Å². The first kappa shape index (κ1) is 14.8. The van der Waals surface area contributed by atoms with Crippen LogP contribution in [0.4, 0.5) is 11.5 Å². The molecule has 0 aliphatic carbocycles. The van der Waals surface area contributed by atoms with Crippen molar-refractivity contribution in [2.75, 3.05) is 17.2 Å². The van der Waals surface area contributed by atoms with Gasteiger partial charge in [0.15, 0.2) is 0 Å². The van der Waals surface area contributed by atoms with E-state index < -0.39 is 0 Å². The van der Waals surface area contributed by atoms with Gasteiger partial charge in [0.25, 0.3) is 5.91 Å². The van der Waals surface area contributed by atoms with Gasteiger partial charge >= 0.3 is 0 Å². The van der Waals surface area contributed by atoms with Gasteiger partial charge in [-0.2, -0.15) is 5.26 Å². The molecule has 1 aromatic carbocycles. The number of amides is 1. The van der Waals surface area contributed by atoms with Crippen molar-refractivity contribution in [3.8, 4) is 6.07 Å². The monoisotopic (exact) mass is 300 g/mol. The first-order valence-corrected chi connectivity index (χ1v) is 6.72.